The van der Waals surface area contributed by atoms with Crippen LogP contribution in [0.1, 0.15) is 21.9 Å². The molecular weight excluding hydrogens is 372 g/mol. The Morgan fingerprint density at radius 2 is 1.59 bits per heavy atom. The maximum absolute atomic E-state index is 12.5. The van der Waals surface area contributed by atoms with E-state index in [1.54, 1.807) is 61.5 Å². The maximum Gasteiger partial charge on any atom is 0.329 e. The molecule has 146 valence electrons. The zero-order valence-corrected chi connectivity index (χ0v) is 15.5. The lowest BCUT2D eigenvalue weighted by molar-refractivity contribution is -0.136. The minimum Gasteiger partial charge on any atom is -0.460 e. The third kappa shape index (κ3) is 5.39. The van der Waals surface area contributed by atoms with Crippen LogP contribution < -0.4 is 16.1 Å². The second-order valence-corrected chi connectivity index (χ2v) is 5.97. The lowest BCUT2D eigenvalue weighted by Crippen LogP contribution is -2.33. The van der Waals surface area contributed by atoms with Crippen molar-refractivity contribution in [3.8, 4) is 0 Å². The first-order valence-electron chi connectivity index (χ1n) is 8.69. The number of furan rings is 1. The van der Waals surface area contributed by atoms with E-state index in [9.17, 15) is 14.4 Å². The molecule has 0 aliphatic heterocycles. The predicted octanol–water partition coefficient (Wildman–Crippen LogP) is 2.93. The molecule has 3 N–H and O–H groups in total. The molecular formula is C21H18N4O4. The number of para-hydroxylation sites is 2. The Labute approximate surface area is 166 Å². The molecule has 8 heteroatoms. The van der Waals surface area contributed by atoms with Crippen LogP contribution in [-0.4, -0.2) is 23.9 Å². The highest BCUT2D eigenvalue weighted by Crippen LogP contribution is 2.17. The highest BCUT2D eigenvalue weighted by molar-refractivity contribution is 6.40. The van der Waals surface area contributed by atoms with Crippen LogP contribution in [0.5, 0.6) is 0 Å². The molecule has 0 saturated heterocycles. The molecule has 3 rings (SSSR count). The third-order valence-electron chi connectivity index (χ3n) is 3.78. The fraction of sp³-hybridized carbons (Fsp3) is 0.0476. The van der Waals surface area contributed by atoms with E-state index < -0.39 is 17.7 Å². The minimum atomic E-state index is -0.984. The van der Waals surface area contributed by atoms with Crippen molar-refractivity contribution in [3.63, 3.8) is 0 Å². The second-order valence-electron chi connectivity index (χ2n) is 5.97. The van der Waals surface area contributed by atoms with Crippen molar-refractivity contribution in [1.82, 2.24) is 5.43 Å². The number of carbonyl (C=O) groups is 3. The second kappa shape index (κ2) is 9.14. The largest absolute Gasteiger partial charge is 0.460 e. The summed E-state index contributed by atoms with van der Waals surface area (Å²) in [6.45, 7) is 1.77. The SMILES string of the molecule is Cc1ccc(C=NNC(=O)C(=O)Nc2ccccc2C(=O)Nc2ccccc2)o1. The van der Waals surface area contributed by atoms with Gasteiger partial charge in [-0.2, -0.15) is 5.10 Å². The number of anilines is 2. The van der Waals surface area contributed by atoms with E-state index in [2.05, 4.69) is 21.2 Å². The molecule has 0 unspecified atom stereocenters. The van der Waals surface area contributed by atoms with Crippen molar-refractivity contribution in [2.45, 2.75) is 6.92 Å². The number of carbonyl (C=O) groups excluding carboxylic acids is 3. The number of hydrazone groups is 1. The van der Waals surface area contributed by atoms with Crippen molar-refractivity contribution < 1.29 is 18.8 Å². The van der Waals surface area contributed by atoms with Crippen LogP contribution >= 0.6 is 0 Å². The van der Waals surface area contributed by atoms with Gasteiger partial charge in [0, 0.05) is 5.69 Å². The van der Waals surface area contributed by atoms with E-state index >= 15 is 0 Å². The predicted molar refractivity (Wildman–Crippen MR) is 109 cm³/mol. The average molecular weight is 390 g/mol. The molecule has 0 spiro atoms. The van der Waals surface area contributed by atoms with Crippen LogP contribution in [0.25, 0.3) is 0 Å². The van der Waals surface area contributed by atoms with Crippen LogP contribution in [0.3, 0.4) is 0 Å². The molecule has 8 nitrogen and oxygen atoms in total. The average Bonchev–Trinajstić information content (AvgIpc) is 3.14. The van der Waals surface area contributed by atoms with Gasteiger partial charge in [-0.05, 0) is 43.3 Å². The fourth-order valence-corrected chi connectivity index (χ4v) is 2.42. The van der Waals surface area contributed by atoms with Gasteiger partial charge in [0.15, 0.2) is 0 Å². The Morgan fingerprint density at radius 1 is 0.862 bits per heavy atom. The highest BCUT2D eigenvalue weighted by atomic mass is 16.3. The molecule has 29 heavy (non-hydrogen) atoms. The number of amides is 3. The summed E-state index contributed by atoms with van der Waals surface area (Å²) in [5.74, 6) is -1.23. The summed E-state index contributed by atoms with van der Waals surface area (Å²) in [5, 5.41) is 8.82. The zero-order chi connectivity index (χ0) is 20.6. The van der Waals surface area contributed by atoms with Crippen molar-refractivity contribution in [2.24, 2.45) is 5.10 Å². The quantitative estimate of drug-likeness (QED) is 0.353. The Kier molecular flexibility index (Phi) is 6.16. The first-order chi connectivity index (χ1) is 14.0. The zero-order valence-electron chi connectivity index (χ0n) is 15.5. The summed E-state index contributed by atoms with van der Waals surface area (Å²) < 4.78 is 5.27. The van der Waals surface area contributed by atoms with Crippen LogP contribution in [-0.2, 0) is 9.59 Å². The molecule has 0 fully saturated rings. The van der Waals surface area contributed by atoms with Crippen molar-refractivity contribution in [3.05, 3.63) is 83.8 Å². The standard InChI is InChI=1S/C21H18N4O4/c1-14-11-12-16(29-14)13-22-25-21(28)20(27)24-18-10-6-5-9-17(18)19(26)23-15-7-3-2-4-8-15/h2-13H,1H3,(H,23,26)(H,24,27)(H,25,28). The van der Waals surface area contributed by atoms with Crippen molar-refractivity contribution >= 4 is 35.3 Å². The van der Waals surface area contributed by atoms with E-state index in [-0.39, 0.29) is 11.3 Å². The van der Waals surface area contributed by atoms with Crippen molar-refractivity contribution in [2.75, 3.05) is 10.6 Å². The highest BCUT2D eigenvalue weighted by Gasteiger charge is 2.17. The summed E-state index contributed by atoms with van der Waals surface area (Å²) in [6, 6.07) is 18.7. The maximum atomic E-state index is 12.5. The lowest BCUT2D eigenvalue weighted by Gasteiger charge is -2.11. The van der Waals surface area contributed by atoms with E-state index in [1.807, 2.05) is 6.07 Å². The molecule has 2 aromatic carbocycles. The molecule has 0 saturated carbocycles. The smallest absolute Gasteiger partial charge is 0.329 e. The summed E-state index contributed by atoms with van der Waals surface area (Å²) >= 11 is 0. The molecule has 3 amide bonds. The Balaban J connectivity index is 1.63. The van der Waals surface area contributed by atoms with Gasteiger partial charge in [-0.25, -0.2) is 5.43 Å². The number of aryl methyl sites for hydroxylation is 1. The van der Waals surface area contributed by atoms with Crippen LogP contribution in [0.15, 0.2) is 76.2 Å². The topological polar surface area (TPSA) is 113 Å². The summed E-state index contributed by atoms with van der Waals surface area (Å²) in [6.07, 6.45) is 1.28. The molecule has 3 aromatic rings. The summed E-state index contributed by atoms with van der Waals surface area (Å²) in [7, 11) is 0. The molecule has 1 heterocycles. The van der Waals surface area contributed by atoms with Gasteiger partial charge in [-0.3, -0.25) is 14.4 Å². The van der Waals surface area contributed by atoms with E-state index in [4.69, 9.17) is 4.42 Å². The number of hydrogen-bond donors (Lipinski definition) is 3. The summed E-state index contributed by atoms with van der Waals surface area (Å²) in [5.41, 5.74) is 3.13. The minimum absolute atomic E-state index is 0.201. The van der Waals surface area contributed by atoms with Crippen LogP contribution in [0.4, 0.5) is 11.4 Å². The Morgan fingerprint density at radius 3 is 2.31 bits per heavy atom. The number of nitrogens with zero attached hydrogens (tertiary/aromatic N) is 1. The monoisotopic (exact) mass is 390 g/mol. The van der Waals surface area contributed by atoms with Gasteiger partial charge in [0.1, 0.15) is 11.5 Å². The Hall–Kier alpha value is -4.20. The number of rotatable bonds is 5. The first kappa shape index (κ1) is 19.6. The number of benzene rings is 2. The molecule has 0 radical (unpaired) electrons. The van der Waals surface area contributed by atoms with Crippen LogP contribution in [0.2, 0.25) is 0 Å². The van der Waals surface area contributed by atoms with Gasteiger partial charge < -0.3 is 15.1 Å². The first-order valence-corrected chi connectivity index (χ1v) is 8.69. The van der Waals surface area contributed by atoms with Gasteiger partial charge in [0.2, 0.25) is 0 Å². The van der Waals surface area contributed by atoms with Gasteiger partial charge >= 0.3 is 11.8 Å². The van der Waals surface area contributed by atoms with Gasteiger partial charge in [0.05, 0.1) is 17.5 Å². The molecule has 0 bridgehead atoms. The van der Waals surface area contributed by atoms with E-state index in [1.165, 1.54) is 12.3 Å². The molecule has 0 aliphatic carbocycles. The van der Waals surface area contributed by atoms with E-state index in [0.29, 0.717) is 17.2 Å². The number of hydrogen-bond acceptors (Lipinski definition) is 5. The van der Waals surface area contributed by atoms with Gasteiger partial charge in [-0.15, -0.1) is 0 Å². The molecule has 0 atom stereocenters. The van der Waals surface area contributed by atoms with E-state index in [0.717, 1.165) is 0 Å². The van der Waals surface area contributed by atoms with Crippen LogP contribution in [0, 0.1) is 6.92 Å². The molecule has 0 aliphatic rings. The van der Waals surface area contributed by atoms with Gasteiger partial charge in [-0.1, -0.05) is 30.3 Å². The molecule has 1 aromatic heterocycles. The normalized spacial score (nSPS) is 10.5. The summed E-state index contributed by atoms with van der Waals surface area (Å²) in [4.78, 5) is 36.6. The van der Waals surface area contributed by atoms with Crippen molar-refractivity contribution in [1.29, 1.82) is 0 Å². The fourth-order valence-electron chi connectivity index (χ4n) is 2.42. The van der Waals surface area contributed by atoms with Gasteiger partial charge in [0.25, 0.3) is 5.91 Å². The lowest BCUT2D eigenvalue weighted by atomic mass is 10.1. The Bertz CT molecular complexity index is 1060. The third-order valence-corrected chi connectivity index (χ3v) is 3.78. The number of nitrogens with one attached hydrogen (secondary N) is 3.